The van der Waals surface area contributed by atoms with Crippen LogP contribution in [-0.4, -0.2) is 15.5 Å². The molecule has 1 heterocycles. The quantitative estimate of drug-likeness (QED) is 0.461. The fraction of sp³-hybridized carbons (Fsp3) is 1.00. The van der Waals surface area contributed by atoms with Crippen LogP contribution in [0.4, 0.5) is 0 Å². The molecule has 0 amide bonds. The van der Waals surface area contributed by atoms with Gasteiger partial charge in [-0.25, -0.2) is 0 Å². The maximum absolute atomic E-state index is 6.11. The van der Waals surface area contributed by atoms with E-state index in [4.69, 9.17) is 22.2 Å². The highest BCUT2D eigenvalue weighted by atomic mass is 35.7. The van der Waals surface area contributed by atoms with Gasteiger partial charge in [-0.3, -0.25) is 0 Å². The van der Waals surface area contributed by atoms with Gasteiger partial charge in [0.25, 0.3) is 6.69 Å². The van der Waals surface area contributed by atoms with E-state index in [1.807, 2.05) is 0 Å². The lowest BCUT2D eigenvalue weighted by atomic mass is 10.9. The van der Waals surface area contributed by atoms with Gasteiger partial charge >= 0.3 is 0 Å². The highest BCUT2D eigenvalue weighted by Gasteiger charge is 2.34. The monoisotopic (exact) mass is 211 g/mol. The molecule has 0 atom stereocenters. The molecule has 1 radical (unpaired) electrons. The summed E-state index contributed by atoms with van der Waals surface area (Å²) >= 11 is 12.2. The first-order valence-electron chi connectivity index (χ1n) is 3.85. The van der Waals surface area contributed by atoms with Crippen LogP contribution in [0.2, 0.25) is 30.2 Å². The molecule has 0 spiro atoms. The van der Waals surface area contributed by atoms with Crippen molar-refractivity contribution in [3.8, 4) is 0 Å². The second-order valence-corrected chi connectivity index (χ2v) is 13.8. The van der Waals surface area contributed by atoms with Crippen molar-refractivity contribution in [2.24, 2.45) is 0 Å². The van der Waals surface area contributed by atoms with Gasteiger partial charge in [0.2, 0.25) is 0 Å². The molecule has 0 aromatic heterocycles. The molecule has 4 heteroatoms. The van der Waals surface area contributed by atoms with Crippen LogP contribution in [0.15, 0.2) is 0 Å². The first kappa shape index (κ1) is 9.10. The molecule has 59 valence electrons. The predicted molar refractivity (Wildman–Crippen MR) is 52.9 cm³/mol. The Hall–Kier alpha value is 1.01. The van der Waals surface area contributed by atoms with E-state index >= 15 is 0 Å². The molecule has 1 aliphatic heterocycles. The van der Waals surface area contributed by atoms with Crippen molar-refractivity contribution < 1.29 is 0 Å². The Morgan fingerprint density at radius 1 is 1.30 bits per heavy atom. The zero-order valence-electron chi connectivity index (χ0n) is 6.29. The summed E-state index contributed by atoms with van der Waals surface area (Å²) in [6.45, 7) is 0.618. The summed E-state index contributed by atoms with van der Waals surface area (Å²) in [5.74, 6) is 0. The van der Waals surface area contributed by atoms with Gasteiger partial charge in [0.15, 0.2) is 0 Å². The SMILES string of the molecule is CC[Si]1CC[Si](Cl)(Cl)CC1. The van der Waals surface area contributed by atoms with Crippen molar-refractivity contribution in [3.05, 3.63) is 0 Å². The van der Waals surface area contributed by atoms with Gasteiger partial charge < -0.3 is 0 Å². The van der Waals surface area contributed by atoms with Crippen molar-refractivity contribution >= 4 is 37.6 Å². The lowest BCUT2D eigenvalue weighted by Gasteiger charge is -2.26. The van der Waals surface area contributed by atoms with Crippen LogP contribution >= 0.6 is 22.2 Å². The minimum Gasteiger partial charge on any atom is -0.146 e. The Labute approximate surface area is 74.9 Å². The maximum atomic E-state index is 6.11. The van der Waals surface area contributed by atoms with E-state index in [0.29, 0.717) is 0 Å². The van der Waals surface area contributed by atoms with Gasteiger partial charge in [-0.05, 0) is 12.1 Å². The summed E-state index contributed by atoms with van der Waals surface area (Å²) in [6, 6.07) is 6.49. The van der Waals surface area contributed by atoms with E-state index in [1.165, 1.54) is 18.1 Å². The van der Waals surface area contributed by atoms with Crippen LogP contribution in [-0.2, 0) is 0 Å². The smallest absolute Gasteiger partial charge is 0.146 e. The molecule has 0 nitrogen and oxygen atoms in total. The Morgan fingerprint density at radius 3 is 2.20 bits per heavy atom. The summed E-state index contributed by atoms with van der Waals surface area (Å²) in [6.07, 6.45) is 0. The normalized spacial score (nSPS) is 26.7. The summed E-state index contributed by atoms with van der Waals surface area (Å²) in [5, 5.41) is 0. The fourth-order valence-corrected chi connectivity index (χ4v) is 11.7. The van der Waals surface area contributed by atoms with Gasteiger partial charge in [0.1, 0.15) is 0 Å². The number of hydrogen-bond donors (Lipinski definition) is 0. The van der Waals surface area contributed by atoms with Crippen LogP contribution in [0.25, 0.3) is 0 Å². The summed E-state index contributed by atoms with van der Waals surface area (Å²) in [4.78, 5) is 0. The summed E-state index contributed by atoms with van der Waals surface area (Å²) in [7, 11) is 0.00811. The molecule has 1 saturated heterocycles. The van der Waals surface area contributed by atoms with Gasteiger partial charge in [-0.15, -0.1) is 22.2 Å². The Kier molecular flexibility index (Phi) is 3.29. The molecule has 0 aromatic carbocycles. The zero-order valence-corrected chi connectivity index (χ0v) is 9.80. The van der Waals surface area contributed by atoms with Crippen molar-refractivity contribution in [2.75, 3.05) is 0 Å². The Balaban J connectivity index is 2.31. The van der Waals surface area contributed by atoms with Crippen LogP contribution in [0.3, 0.4) is 0 Å². The molecule has 10 heavy (non-hydrogen) atoms. The molecular weight excluding hydrogens is 199 g/mol. The van der Waals surface area contributed by atoms with Gasteiger partial charge in [0.05, 0.1) is 0 Å². The molecular formula is C6H13Cl2Si2. The van der Waals surface area contributed by atoms with Gasteiger partial charge in [0, 0.05) is 8.80 Å². The highest BCUT2D eigenvalue weighted by Crippen LogP contribution is 2.36. The molecule has 0 bridgehead atoms. The average molecular weight is 212 g/mol. The molecule has 1 fully saturated rings. The van der Waals surface area contributed by atoms with Crippen molar-refractivity contribution in [1.82, 2.24) is 0 Å². The van der Waals surface area contributed by atoms with Crippen molar-refractivity contribution in [1.29, 1.82) is 0 Å². The van der Waals surface area contributed by atoms with E-state index in [9.17, 15) is 0 Å². The van der Waals surface area contributed by atoms with E-state index in [2.05, 4.69) is 6.92 Å². The third-order valence-corrected chi connectivity index (χ3v) is 10.3. The first-order chi connectivity index (χ1) is 4.64. The molecule has 0 saturated carbocycles. The van der Waals surface area contributed by atoms with Gasteiger partial charge in [-0.2, -0.15) is 0 Å². The lowest BCUT2D eigenvalue weighted by Crippen LogP contribution is -2.29. The molecule has 0 aliphatic carbocycles. The van der Waals surface area contributed by atoms with Crippen LogP contribution in [0.5, 0.6) is 0 Å². The molecule has 0 unspecified atom stereocenters. The number of hydrogen-bond acceptors (Lipinski definition) is 0. The minimum atomic E-state index is -1.68. The minimum absolute atomic E-state index is 0.00811. The van der Waals surface area contributed by atoms with Crippen LogP contribution in [0, 0.1) is 0 Å². The zero-order chi connectivity index (χ0) is 7.61. The topological polar surface area (TPSA) is 0 Å². The molecule has 0 aromatic rings. The number of rotatable bonds is 1. The second kappa shape index (κ2) is 3.61. The largest absolute Gasteiger partial charge is 0.250 e. The van der Waals surface area contributed by atoms with E-state index < -0.39 is 6.69 Å². The standard InChI is InChI=1S/C6H13Cl2Si2/c1-2-9-3-5-10(7,8)6-4-9/h2-6H2,1H3. The molecule has 1 aliphatic rings. The summed E-state index contributed by atoms with van der Waals surface area (Å²) < 4.78 is 0. The first-order valence-corrected chi connectivity index (χ1v) is 10.4. The summed E-state index contributed by atoms with van der Waals surface area (Å²) in [5.41, 5.74) is 0. The van der Waals surface area contributed by atoms with E-state index in [-0.39, 0.29) is 8.80 Å². The van der Waals surface area contributed by atoms with Crippen LogP contribution < -0.4 is 0 Å². The Morgan fingerprint density at radius 2 is 1.80 bits per heavy atom. The average Bonchev–Trinajstić information content (AvgIpc) is 1.88. The predicted octanol–water partition coefficient (Wildman–Crippen LogP) is 3.43. The second-order valence-electron chi connectivity index (χ2n) is 2.96. The fourth-order valence-electron chi connectivity index (χ4n) is 1.32. The maximum Gasteiger partial charge on any atom is 0.250 e. The van der Waals surface area contributed by atoms with Crippen molar-refractivity contribution in [2.45, 2.75) is 37.1 Å². The molecule has 0 N–H and O–H groups in total. The van der Waals surface area contributed by atoms with Crippen LogP contribution in [0.1, 0.15) is 6.92 Å². The third-order valence-electron chi connectivity index (χ3n) is 2.19. The van der Waals surface area contributed by atoms with Crippen molar-refractivity contribution in [3.63, 3.8) is 0 Å². The Bertz CT molecular complexity index is 106. The van der Waals surface area contributed by atoms with E-state index in [0.717, 1.165) is 12.1 Å². The molecule has 1 rings (SSSR count). The number of halogens is 2. The third kappa shape index (κ3) is 2.57. The highest BCUT2D eigenvalue weighted by molar-refractivity contribution is 7.45. The lowest BCUT2D eigenvalue weighted by molar-refractivity contribution is 1.15. The van der Waals surface area contributed by atoms with E-state index in [1.54, 1.807) is 0 Å². The van der Waals surface area contributed by atoms with Gasteiger partial charge in [-0.1, -0.05) is 25.1 Å².